The van der Waals surface area contributed by atoms with Gasteiger partial charge in [-0.25, -0.2) is 0 Å². The van der Waals surface area contributed by atoms with Crippen LogP contribution in [0, 0.1) is 11.3 Å². The molecule has 0 bridgehead atoms. The van der Waals surface area contributed by atoms with E-state index in [2.05, 4.69) is 10.2 Å². The lowest BCUT2D eigenvalue weighted by Crippen LogP contribution is -2.42. The van der Waals surface area contributed by atoms with Gasteiger partial charge in [0.1, 0.15) is 5.75 Å². The fourth-order valence-electron chi connectivity index (χ4n) is 4.22. The van der Waals surface area contributed by atoms with Gasteiger partial charge in [0.15, 0.2) is 5.65 Å². The molecule has 1 saturated heterocycles. The zero-order chi connectivity index (χ0) is 17.7. The number of carbonyl (C=O) groups is 1. The number of hydrogen-bond donors (Lipinski definition) is 1. The van der Waals surface area contributed by atoms with Crippen molar-refractivity contribution in [2.75, 3.05) is 24.6 Å². The minimum absolute atomic E-state index is 0.122. The van der Waals surface area contributed by atoms with Crippen LogP contribution in [0.5, 0.6) is 5.75 Å². The van der Waals surface area contributed by atoms with Crippen LogP contribution in [0.3, 0.4) is 0 Å². The van der Waals surface area contributed by atoms with E-state index < -0.39 is 11.4 Å². The summed E-state index contributed by atoms with van der Waals surface area (Å²) >= 11 is 0. The number of hydrogen-bond acceptors (Lipinski definition) is 5. The highest BCUT2D eigenvalue weighted by Crippen LogP contribution is 2.44. The molecule has 2 atom stereocenters. The van der Waals surface area contributed by atoms with Gasteiger partial charge in [-0.1, -0.05) is 24.3 Å². The summed E-state index contributed by atoms with van der Waals surface area (Å²) in [5.74, 6) is 0.576. The number of carboxylic acid groups (broad SMARTS) is 1. The molecule has 26 heavy (non-hydrogen) atoms. The monoisotopic (exact) mass is 350 g/mol. The minimum atomic E-state index is -0.896. The molecule has 0 amide bonds. The quantitative estimate of drug-likeness (QED) is 0.760. The van der Waals surface area contributed by atoms with Crippen molar-refractivity contribution in [2.24, 2.45) is 11.3 Å². The first-order valence-electron chi connectivity index (χ1n) is 8.66. The molecule has 0 unspecified atom stereocenters. The van der Waals surface area contributed by atoms with Crippen molar-refractivity contribution in [3.8, 4) is 5.75 Å². The van der Waals surface area contributed by atoms with Crippen LogP contribution in [0.2, 0.25) is 0 Å². The molecule has 0 spiro atoms. The van der Waals surface area contributed by atoms with Crippen LogP contribution in [0.1, 0.15) is 5.56 Å². The topological polar surface area (TPSA) is 80.0 Å². The molecule has 3 aromatic rings. The van der Waals surface area contributed by atoms with Crippen LogP contribution in [0.4, 0.5) is 5.95 Å². The number of ether oxygens (including phenoxy) is 1. The molecule has 2 aliphatic heterocycles. The first kappa shape index (κ1) is 15.2. The second kappa shape index (κ2) is 5.45. The second-order valence-electron chi connectivity index (χ2n) is 7.06. The zero-order valence-electron chi connectivity index (χ0n) is 14.1. The smallest absolute Gasteiger partial charge is 0.312 e. The number of pyridine rings is 1. The SMILES string of the molecule is O=C(O)[C@]12Cc3ccccc3OC[C@H]1CN(c1nnc3ccccn13)C2. The van der Waals surface area contributed by atoms with Crippen molar-refractivity contribution in [3.63, 3.8) is 0 Å². The first-order valence-corrected chi connectivity index (χ1v) is 8.66. The maximum atomic E-state index is 12.4. The summed E-state index contributed by atoms with van der Waals surface area (Å²) in [5.41, 5.74) is 0.804. The van der Waals surface area contributed by atoms with Gasteiger partial charge in [0.25, 0.3) is 0 Å². The summed E-state index contributed by atoms with van der Waals surface area (Å²) in [6.45, 7) is 1.35. The number of fused-ring (bicyclic) bond motifs is 3. The summed E-state index contributed by atoms with van der Waals surface area (Å²) in [4.78, 5) is 14.4. The third-order valence-electron chi connectivity index (χ3n) is 5.62. The first-order chi connectivity index (χ1) is 12.7. The highest BCUT2D eigenvalue weighted by Gasteiger charge is 2.54. The normalized spacial score (nSPS) is 24.6. The van der Waals surface area contributed by atoms with Gasteiger partial charge in [-0.3, -0.25) is 9.20 Å². The van der Waals surface area contributed by atoms with Crippen LogP contribution in [0.15, 0.2) is 48.7 Å². The molecule has 4 heterocycles. The summed E-state index contributed by atoms with van der Waals surface area (Å²) in [6, 6.07) is 13.4. The van der Waals surface area contributed by atoms with Gasteiger partial charge in [0, 0.05) is 25.2 Å². The number of para-hydroxylation sites is 1. The standard InChI is InChI=1S/C19H18N4O3/c24-17(25)19-9-13-5-1-2-6-15(13)26-11-14(19)10-22(12-19)18-21-20-16-7-3-4-8-23(16)18/h1-8,14H,9-12H2,(H,24,25)/t14-,19+/m1/s1. The lowest BCUT2D eigenvalue weighted by molar-refractivity contribution is -0.150. The van der Waals surface area contributed by atoms with Crippen molar-refractivity contribution in [1.29, 1.82) is 0 Å². The Bertz CT molecular complexity index is 1000. The van der Waals surface area contributed by atoms with Crippen molar-refractivity contribution in [1.82, 2.24) is 14.6 Å². The summed E-state index contributed by atoms with van der Waals surface area (Å²) in [5, 5.41) is 18.6. The van der Waals surface area contributed by atoms with Crippen LogP contribution in [0.25, 0.3) is 5.65 Å². The highest BCUT2D eigenvalue weighted by molar-refractivity contribution is 5.78. The number of carboxylic acids is 1. The Morgan fingerprint density at radius 2 is 2.04 bits per heavy atom. The molecule has 5 rings (SSSR count). The number of aromatic nitrogens is 3. The summed E-state index contributed by atoms with van der Waals surface area (Å²) < 4.78 is 7.86. The summed E-state index contributed by atoms with van der Waals surface area (Å²) in [7, 11) is 0. The molecule has 7 nitrogen and oxygen atoms in total. The Morgan fingerprint density at radius 3 is 2.92 bits per heavy atom. The van der Waals surface area contributed by atoms with E-state index in [1.807, 2.05) is 58.0 Å². The number of anilines is 1. The lowest BCUT2D eigenvalue weighted by atomic mass is 9.74. The van der Waals surface area contributed by atoms with Crippen molar-refractivity contribution in [3.05, 3.63) is 54.2 Å². The van der Waals surface area contributed by atoms with Gasteiger partial charge in [0.2, 0.25) is 5.95 Å². The van der Waals surface area contributed by atoms with Crippen molar-refractivity contribution in [2.45, 2.75) is 6.42 Å². The summed E-state index contributed by atoms with van der Waals surface area (Å²) in [6.07, 6.45) is 2.36. The van der Waals surface area contributed by atoms with Gasteiger partial charge >= 0.3 is 5.97 Å². The molecule has 1 N–H and O–H groups in total. The lowest BCUT2D eigenvalue weighted by Gasteiger charge is -2.27. The Labute approximate surface area is 149 Å². The maximum absolute atomic E-state index is 12.4. The fourth-order valence-corrected chi connectivity index (χ4v) is 4.22. The van der Waals surface area contributed by atoms with Crippen LogP contribution < -0.4 is 9.64 Å². The van der Waals surface area contributed by atoms with Gasteiger partial charge in [-0.2, -0.15) is 0 Å². The predicted molar refractivity (Wildman–Crippen MR) is 94.4 cm³/mol. The number of benzene rings is 1. The van der Waals surface area contributed by atoms with Crippen LogP contribution in [-0.2, 0) is 11.2 Å². The van der Waals surface area contributed by atoms with E-state index >= 15 is 0 Å². The average Bonchev–Trinajstić information content (AvgIpc) is 3.19. The van der Waals surface area contributed by atoms with Crippen molar-refractivity contribution >= 4 is 17.6 Å². The highest BCUT2D eigenvalue weighted by atomic mass is 16.5. The molecular formula is C19H18N4O3. The average molecular weight is 350 g/mol. The van der Waals surface area contributed by atoms with E-state index in [-0.39, 0.29) is 5.92 Å². The molecule has 1 fully saturated rings. The Balaban J connectivity index is 1.56. The fraction of sp³-hybridized carbons (Fsp3) is 0.316. The largest absolute Gasteiger partial charge is 0.493 e. The van der Waals surface area contributed by atoms with Gasteiger partial charge in [0.05, 0.1) is 12.0 Å². The molecular weight excluding hydrogens is 332 g/mol. The number of rotatable bonds is 2. The Kier molecular flexibility index (Phi) is 3.19. The van der Waals surface area contributed by atoms with E-state index in [1.165, 1.54) is 0 Å². The predicted octanol–water partition coefficient (Wildman–Crippen LogP) is 1.87. The van der Waals surface area contributed by atoms with E-state index in [9.17, 15) is 9.90 Å². The molecule has 0 aliphatic carbocycles. The van der Waals surface area contributed by atoms with Crippen LogP contribution >= 0.6 is 0 Å². The maximum Gasteiger partial charge on any atom is 0.312 e. The van der Waals surface area contributed by atoms with E-state index in [4.69, 9.17) is 4.74 Å². The zero-order valence-corrected chi connectivity index (χ0v) is 14.1. The third-order valence-corrected chi connectivity index (χ3v) is 5.62. The molecule has 2 aromatic heterocycles. The Hall–Kier alpha value is -3.09. The third kappa shape index (κ3) is 2.09. The molecule has 1 aromatic carbocycles. The van der Waals surface area contributed by atoms with Gasteiger partial charge < -0.3 is 14.7 Å². The minimum Gasteiger partial charge on any atom is -0.493 e. The molecule has 2 aliphatic rings. The van der Waals surface area contributed by atoms with E-state index in [0.717, 1.165) is 17.0 Å². The van der Waals surface area contributed by atoms with E-state index in [0.29, 0.717) is 32.1 Å². The van der Waals surface area contributed by atoms with Crippen molar-refractivity contribution < 1.29 is 14.6 Å². The molecule has 0 radical (unpaired) electrons. The van der Waals surface area contributed by atoms with Gasteiger partial charge in [-0.15, -0.1) is 10.2 Å². The van der Waals surface area contributed by atoms with Gasteiger partial charge in [-0.05, 0) is 30.2 Å². The number of aliphatic carboxylic acids is 1. The second-order valence-corrected chi connectivity index (χ2v) is 7.06. The number of nitrogens with zero attached hydrogens (tertiary/aromatic N) is 4. The molecule has 7 heteroatoms. The van der Waals surface area contributed by atoms with E-state index in [1.54, 1.807) is 0 Å². The Morgan fingerprint density at radius 1 is 1.19 bits per heavy atom. The molecule has 132 valence electrons. The molecule has 0 saturated carbocycles. The van der Waals surface area contributed by atoms with Crippen LogP contribution in [-0.4, -0.2) is 45.4 Å².